The number of hydrogen-bond acceptors (Lipinski definition) is 4. The van der Waals surface area contributed by atoms with E-state index in [2.05, 4.69) is 5.32 Å². The van der Waals surface area contributed by atoms with Crippen molar-refractivity contribution >= 4 is 27.3 Å². The van der Waals surface area contributed by atoms with Crippen molar-refractivity contribution in [2.45, 2.75) is 27.2 Å². The Kier molecular flexibility index (Phi) is 6.85. The zero-order chi connectivity index (χ0) is 20.0. The smallest absolute Gasteiger partial charge is 0.232 e. The fourth-order valence-corrected chi connectivity index (χ4v) is 3.76. The van der Waals surface area contributed by atoms with Gasteiger partial charge in [-0.15, -0.1) is 0 Å². The number of sulfonamides is 1. The van der Waals surface area contributed by atoms with Crippen LogP contribution in [0.25, 0.3) is 0 Å². The molecule has 7 heteroatoms. The van der Waals surface area contributed by atoms with Crippen LogP contribution in [-0.4, -0.2) is 33.7 Å². The summed E-state index contributed by atoms with van der Waals surface area (Å²) in [4.78, 5) is 12.4. The normalized spacial score (nSPS) is 11.1. The van der Waals surface area contributed by atoms with Crippen LogP contribution < -0.4 is 14.4 Å². The van der Waals surface area contributed by atoms with E-state index in [1.54, 1.807) is 30.3 Å². The molecule has 0 spiro atoms. The summed E-state index contributed by atoms with van der Waals surface area (Å²) >= 11 is 0. The number of nitrogens with zero attached hydrogens (tertiary/aromatic N) is 1. The summed E-state index contributed by atoms with van der Waals surface area (Å²) in [5, 5.41) is 2.79. The number of benzene rings is 2. The lowest BCUT2D eigenvalue weighted by molar-refractivity contribution is -0.116. The molecule has 2 aromatic carbocycles. The molecule has 0 aromatic heterocycles. The molecule has 0 unspecified atom stereocenters. The Bertz CT molecular complexity index is 890. The molecule has 0 aliphatic carbocycles. The molecule has 0 atom stereocenters. The van der Waals surface area contributed by atoms with Crippen molar-refractivity contribution in [1.82, 2.24) is 0 Å². The number of rotatable bonds is 8. The van der Waals surface area contributed by atoms with E-state index in [-0.39, 0.29) is 18.9 Å². The van der Waals surface area contributed by atoms with E-state index in [0.717, 1.165) is 17.4 Å². The van der Waals surface area contributed by atoms with Gasteiger partial charge < -0.3 is 10.1 Å². The molecule has 0 radical (unpaired) electrons. The number of ether oxygens (including phenoxy) is 1. The third-order valence-electron chi connectivity index (χ3n) is 3.90. The lowest BCUT2D eigenvalue weighted by Crippen LogP contribution is -2.33. The fraction of sp³-hybridized carbons (Fsp3) is 0.350. The van der Waals surface area contributed by atoms with Gasteiger partial charge in [-0.1, -0.05) is 18.2 Å². The number of nitrogens with one attached hydrogen (secondary N) is 1. The Morgan fingerprint density at radius 3 is 2.33 bits per heavy atom. The molecule has 0 bridgehead atoms. The van der Waals surface area contributed by atoms with Gasteiger partial charge in [0.2, 0.25) is 15.9 Å². The van der Waals surface area contributed by atoms with Gasteiger partial charge in [0, 0.05) is 13.0 Å². The van der Waals surface area contributed by atoms with Gasteiger partial charge in [-0.3, -0.25) is 9.10 Å². The summed E-state index contributed by atoms with van der Waals surface area (Å²) in [6.07, 6.45) is 1.17. The van der Waals surface area contributed by atoms with Gasteiger partial charge in [0.15, 0.2) is 0 Å². The highest BCUT2D eigenvalue weighted by Crippen LogP contribution is 2.25. The first-order chi connectivity index (χ1) is 12.7. The van der Waals surface area contributed by atoms with Crippen molar-refractivity contribution < 1.29 is 17.9 Å². The average Bonchev–Trinajstić information content (AvgIpc) is 2.55. The monoisotopic (exact) mass is 390 g/mol. The summed E-state index contributed by atoms with van der Waals surface area (Å²) < 4.78 is 31.2. The molecule has 2 aromatic rings. The van der Waals surface area contributed by atoms with Crippen LogP contribution in [0, 0.1) is 13.8 Å². The maximum Gasteiger partial charge on any atom is 0.232 e. The Morgan fingerprint density at radius 2 is 1.74 bits per heavy atom. The van der Waals surface area contributed by atoms with Crippen LogP contribution in [0.4, 0.5) is 11.4 Å². The number of amides is 1. The van der Waals surface area contributed by atoms with E-state index in [4.69, 9.17) is 4.74 Å². The molecule has 146 valence electrons. The highest BCUT2D eigenvalue weighted by Gasteiger charge is 2.19. The zero-order valence-corrected chi connectivity index (χ0v) is 17.0. The maximum absolute atomic E-state index is 12.4. The first-order valence-electron chi connectivity index (χ1n) is 8.78. The number of para-hydroxylation sites is 2. The SMILES string of the molecule is CCOc1ccccc1NC(=O)CCN(c1cc(C)cc(C)c1)S(C)(=O)=O. The molecule has 0 saturated carbocycles. The molecule has 0 fully saturated rings. The van der Waals surface area contributed by atoms with Crippen molar-refractivity contribution in [2.24, 2.45) is 0 Å². The molecule has 0 aliphatic rings. The van der Waals surface area contributed by atoms with E-state index in [0.29, 0.717) is 23.7 Å². The van der Waals surface area contributed by atoms with E-state index in [1.165, 1.54) is 4.31 Å². The minimum atomic E-state index is -3.51. The highest BCUT2D eigenvalue weighted by molar-refractivity contribution is 7.92. The summed E-state index contributed by atoms with van der Waals surface area (Å²) in [6, 6.07) is 12.7. The second kappa shape index (κ2) is 8.90. The van der Waals surface area contributed by atoms with Crippen LogP contribution in [-0.2, 0) is 14.8 Å². The van der Waals surface area contributed by atoms with Crippen molar-refractivity contribution in [1.29, 1.82) is 0 Å². The first kappa shape index (κ1) is 20.8. The van der Waals surface area contributed by atoms with Crippen molar-refractivity contribution in [3.05, 3.63) is 53.6 Å². The van der Waals surface area contributed by atoms with Crippen LogP contribution in [0.5, 0.6) is 5.75 Å². The lowest BCUT2D eigenvalue weighted by atomic mass is 10.1. The van der Waals surface area contributed by atoms with Gasteiger partial charge in [-0.05, 0) is 56.2 Å². The predicted octanol–water partition coefficient (Wildman–Crippen LogP) is 3.50. The van der Waals surface area contributed by atoms with E-state index >= 15 is 0 Å². The molecular weight excluding hydrogens is 364 g/mol. The van der Waals surface area contributed by atoms with Crippen molar-refractivity contribution in [2.75, 3.05) is 29.0 Å². The summed E-state index contributed by atoms with van der Waals surface area (Å²) in [5.41, 5.74) is 3.07. The van der Waals surface area contributed by atoms with Gasteiger partial charge in [0.1, 0.15) is 5.75 Å². The largest absolute Gasteiger partial charge is 0.492 e. The fourth-order valence-electron chi connectivity index (χ4n) is 2.85. The molecule has 6 nitrogen and oxygen atoms in total. The van der Waals surface area contributed by atoms with Gasteiger partial charge in [-0.2, -0.15) is 0 Å². The van der Waals surface area contributed by atoms with Gasteiger partial charge in [0.25, 0.3) is 0 Å². The minimum absolute atomic E-state index is 0.0283. The molecule has 1 N–H and O–H groups in total. The van der Waals surface area contributed by atoms with Crippen LogP contribution in [0.1, 0.15) is 24.5 Å². The zero-order valence-electron chi connectivity index (χ0n) is 16.2. The molecule has 0 aliphatic heterocycles. The van der Waals surface area contributed by atoms with Crippen molar-refractivity contribution in [3.63, 3.8) is 0 Å². The van der Waals surface area contributed by atoms with Crippen LogP contribution in [0.3, 0.4) is 0 Å². The van der Waals surface area contributed by atoms with Gasteiger partial charge in [-0.25, -0.2) is 8.42 Å². The number of aryl methyl sites for hydroxylation is 2. The minimum Gasteiger partial charge on any atom is -0.492 e. The number of anilines is 2. The molecule has 0 saturated heterocycles. The third-order valence-corrected chi connectivity index (χ3v) is 5.09. The Hall–Kier alpha value is -2.54. The first-order valence-corrected chi connectivity index (χ1v) is 10.6. The number of hydrogen-bond donors (Lipinski definition) is 1. The Morgan fingerprint density at radius 1 is 1.11 bits per heavy atom. The number of carbonyl (C=O) groups excluding carboxylic acids is 1. The summed E-state index contributed by atoms with van der Waals surface area (Å²) in [7, 11) is -3.51. The molecule has 27 heavy (non-hydrogen) atoms. The van der Waals surface area contributed by atoms with Crippen LogP contribution >= 0.6 is 0 Å². The van der Waals surface area contributed by atoms with Crippen LogP contribution in [0.15, 0.2) is 42.5 Å². The lowest BCUT2D eigenvalue weighted by Gasteiger charge is -2.23. The standard InChI is InChI=1S/C20H26N2O4S/c1-5-26-19-9-7-6-8-18(19)21-20(23)10-11-22(27(4,24)25)17-13-15(2)12-16(3)14-17/h6-9,12-14H,5,10-11H2,1-4H3,(H,21,23). The van der Waals surface area contributed by atoms with Crippen molar-refractivity contribution in [3.8, 4) is 5.75 Å². The van der Waals surface area contributed by atoms with E-state index < -0.39 is 10.0 Å². The van der Waals surface area contributed by atoms with E-state index in [9.17, 15) is 13.2 Å². The highest BCUT2D eigenvalue weighted by atomic mass is 32.2. The van der Waals surface area contributed by atoms with Gasteiger partial charge >= 0.3 is 0 Å². The average molecular weight is 391 g/mol. The maximum atomic E-state index is 12.4. The van der Waals surface area contributed by atoms with E-state index in [1.807, 2.05) is 32.9 Å². The topological polar surface area (TPSA) is 75.7 Å². The second-order valence-corrected chi connectivity index (χ2v) is 8.32. The Balaban J connectivity index is 2.13. The van der Waals surface area contributed by atoms with Crippen LogP contribution in [0.2, 0.25) is 0 Å². The molecular formula is C20H26N2O4S. The third kappa shape index (κ3) is 5.99. The number of carbonyl (C=O) groups is 1. The molecule has 2 rings (SSSR count). The van der Waals surface area contributed by atoms with Gasteiger partial charge in [0.05, 0.1) is 24.2 Å². The predicted molar refractivity (Wildman–Crippen MR) is 109 cm³/mol. The quantitative estimate of drug-likeness (QED) is 0.749. The summed E-state index contributed by atoms with van der Waals surface area (Å²) in [6.45, 7) is 6.24. The second-order valence-electron chi connectivity index (χ2n) is 6.41. The Labute approximate surface area is 161 Å². The molecule has 0 heterocycles. The molecule has 1 amide bonds. The summed E-state index contributed by atoms with van der Waals surface area (Å²) in [5.74, 6) is 0.308.